The van der Waals surface area contributed by atoms with Gasteiger partial charge in [0.2, 0.25) is 5.95 Å². The fraction of sp³-hybridized carbons (Fsp3) is 0.176. The first-order valence-electron chi connectivity index (χ1n) is 7.96. The standard InChI is InChI=1S/C17H15Cl2N5O2S2/c1-9-5-11(15(25)26-2)14(28-9)21-17(27)22-16-20-8-24(23-16)7-10-3-4-12(18)13(19)6-10/h3-6,8H,7H2,1-2H3,(H2,21,22,23,27). The number of ether oxygens (including phenoxy) is 1. The van der Waals surface area contributed by atoms with Gasteiger partial charge < -0.3 is 10.1 Å². The van der Waals surface area contributed by atoms with E-state index < -0.39 is 5.97 Å². The van der Waals surface area contributed by atoms with Gasteiger partial charge in [-0.3, -0.25) is 5.32 Å². The third-order valence-corrected chi connectivity index (χ3v) is 5.49. The molecule has 0 bridgehead atoms. The van der Waals surface area contributed by atoms with Crippen LogP contribution in [0.5, 0.6) is 0 Å². The molecule has 2 N–H and O–H groups in total. The smallest absolute Gasteiger partial charge is 0.340 e. The number of hydrogen-bond acceptors (Lipinski definition) is 6. The molecule has 0 saturated heterocycles. The molecule has 3 rings (SSSR count). The molecular formula is C17H15Cl2N5O2S2. The Balaban J connectivity index is 1.64. The van der Waals surface area contributed by atoms with Crippen LogP contribution in [0.4, 0.5) is 10.9 Å². The van der Waals surface area contributed by atoms with E-state index in [2.05, 4.69) is 20.7 Å². The van der Waals surface area contributed by atoms with Gasteiger partial charge in [0.1, 0.15) is 11.3 Å². The van der Waals surface area contributed by atoms with Crippen molar-refractivity contribution in [3.8, 4) is 0 Å². The normalized spacial score (nSPS) is 10.6. The Bertz CT molecular complexity index is 1030. The third-order valence-electron chi connectivity index (χ3n) is 3.58. The molecule has 0 aliphatic carbocycles. The minimum Gasteiger partial charge on any atom is -0.465 e. The van der Waals surface area contributed by atoms with Crippen molar-refractivity contribution in [3.63, 3.8) is 0 Å². The molecule has 0 saturated carbocycles. The number of anilines is 2. The summed E-state index contributed by atoms with van der Waals surface area (Å²) in [5.74, 6) is -0.107. The average molecular weight is 456 g/mol. The second-order valence-electron chi connectivity index (χ2n) is 5.68. The molecule has 1 aromatic carbocycles. The van der Waals surface area contributed by atoms with Crippen molar-refractivity contribution >= 4 is 68.8 Å². The van der Waals surface area contributed by atoms with Gasteiger partial charge in [0.05, 0.1) is 29.3 Å². The lowest BCUT2D eigenvalue weighted by Gasteiger charge is -2.07. The average Bonchev–Trinajstić information content (AvgIpc) is 3.23. The zero-order valence-electron chi connectivity index (χ0n) is 14.8. The second-order valence-corrected chi connectivity index (χ2v) is 8.16. The highest BCUT2D eigenvalue weighted by molar-refractivity contribution is 7.80. The Labute approximate surface area is 180 Å². The summed E-state index contributed by atoms with van der Waals surface area (Å²) in [6.07, 6.45) is 1.57. The minimum absolute atomic E-state index is 0.263. The monoisotopic (exact) mass is 455 g/mol. The maximum atomic E-state index is 11.8. The molecular weight excluding hydrogens is 441 g/mol. The van der Waals surface area contributed by atoms with E-state index in [-0.39, 0.29) is 5.11 Å². The molecule has 146 valence electrons. The Morgan fingerprint density at radius 2 is 2.07 bits per heavy atom. The Morgan fingerprint density at radius 3 is 2.79 bits per heavy atom. The lowest BCUT2D eigenvalue weighted by Crippen LogP contribution is -2.20. The van der Waals surface area contributed by atoms with Crippen LogP contribution in [0.3, 0.4) is 0 Å². The molecule has 0 atom stereocenters. The Kier molecular flexibility index (Phi) is 6.50. The summed E-state index contributed by atoms with van der Waals surface area (Å²) >= 11 is 18.6. The summed E-state index contributed by atoms with van der Waals surface area (Å²) in [6, 6.07) is 7.11. The van der Waals surface area contributed by atoms with E-state index in [1.54, 1.807) is 29.2 Å². The van der Waals surface area contributed by atoms with Crippen molar-refractivity contribution < 1.29 is 9.53 Å². The van der Waals surface area contributed by atoms with E-state index in [9.17, 15) is 4.79 Å². The molecule has 0 amide bonds. The van der Waals surface area contributed by atoms with Crippen molar-refractivity contribution in [2.75, 3.05) is 17.7 Å². The highest BCUT2D eigenvalue weighted by Crippen LogP contribution is 2.28. The van der Waals surface area contributed by atoms with Crippen molar-refractivity contribution in [1.82, 2.24) is 14.8 Å². The number of nitrogens with one attached hydrogen (secondary N) is 2. The molecule has 0 aliphatic rings. The zero-order valence-corrected chi connectivity index (χ0v) is 18.0. The van der Waals surface area contributed by atoms with Crippen LogP contribution in [0.15, 0.2) is 30.6 Å². The number of carbonyl (C=O) groups excluding carboxylic acids is 1. The number of thiocarbonyl (C=S) groups is 1. The number of rotatable bonds is 5. The SMILES string of the molecule is COC(=O)c1cc(C)sc1NC(=S)Nc1ncn(Cc2ccc(Cl)c(Cl)c2)n1. The number of aromatic nitrogens is 3. The van der Waals surface area contributed by atoms with Crippen LogP contribution in [-0.4, -0.2) is 33.0 Å². The lowest BCUT2D eigenvalue weighted by atomic mass is 10.2. The van der Waals surface area contributed by atoms with Crippen LogP contribution < -0.4 is 10.6 Å². The lowest BCUT2D eigenvalue weighted by molar-refractivity contribution is 0.0602. The van der Waals surface area contributed by atoms with Crippen LogP contribution in [0.1, 0.15) is 20.8 Å². The molecule has 0 spiro atoms. The zero-order chi connectivity index (χ0) is 20.3. The predicted molar refractivity (Wildman–Crippen MR) is 116 cm³/mol. The van der Waals surface area contributed by atoms with Gasteiger partial charge in [0, 0.05) is 4.88 Å². The summed E-state index contributed by atoms with van der Waals surface area (Å²) < 4.78 is 6.42. The van der Waals surface area contributed by atoms with Gasteiger partial charge in [0.15, 0.2) is 5.11 Å². The third kappa shape index (κ3) is 4.99. The van der Waals surface area contributed by atoms with Crippen molar-refractivity contribution in [1.29, 1.82) is 0 Å². The van der Waals surface area contributed by atoms with Crippen LogP contribution in [0.2, 0.25) is 10.0 Å². The van der Waals surface area contributed by atoms with Crippen LogP contribution in [-0.2, 0) is 11.3 Å². The van der Waals surface area contributed by atoms with Gasteiger partial charge in [0.25, 0.3) is 0 Å². The molecule has 0 unspecified atom stereocenters. The molecule has 7 nitrogen and oxygen atoms in total. The number of halogens is 2. The number of nitrogens with zero attached hydrogens (tertiary/aromatic N) is 3. The Hall–Kier alpha value is -2.20. The molecule has 11 heteroatoms. The van der Waals surface area contributed by atoms with Gasteiger partial charge in [-0.05, 0) is 42.9 Å². The molecule has 3 aromatic rings. The van der Waals surface area contributed by atoms with Gasteiger partial charge in [-0.2, -0.15) is 0 Å². The van der Waals surface area contributed by atoms with E-state index in [4.69, 9.17) is 40.2 Å². The van der Waals surface area contributed by atoms with Gasteiger partial charge >= 0.3 is 5.97 Å². The highest BCUT2D eigenvalue weighted by atomic mass is 35.5. The molecule has 2 aromatic heterocycles. The van der Waals surface area contributed by atoms with E-state index in [0.29, 0.717) is 33.1 Å². The minimum atomic E-state index is -0.432. The number of carbonyl (C=O) groups is 1. The van der Waals surface area contributed by atoms with Crippen LogP contribution in [0, 0.1) is 6.92 Å². The van der Waals surface area contributed by atoms with Crippen LogP contribution >= 0.6 is 46.8 Å². The van der Waals surface area contributed by atoms with Crippen molar-refractivity contribution in [3.05, 3.63) is 56.6 Å². The topological polar surface area (TPSA) is 81.1 Å². The molecule has 2 heterocycles. The number of benzene rings is 1. The number of aryl methyl sites for hydroxylation is 1. The quantitative estimate of drug-likeness (QED) is 0.429. The van der Waals surface area contributed by atoms with Crippen molar-refractivity contribution in [2.45, 2.75) is 13.5 Å². The summed E-state index contributed by atoms with van der Waals surface area (Å²) in [6.45, 7) is 2.37. The van der Waals surface area contributed by atoms with Crippen LogP contribution in [0.25, 0.3) is 0 Å². The second kappa shape index (κ2) is 8.87. The van der Waals surface area contributed by atoms with E-state index in [1.165, 1.54) is 18.4 Å². The maximum absolute atomic E-state index is 11.8. The van der Waals surface area contributed by atoms with Gasteiger partial charge in [-0.1, -0.05) is 29.3 Å². The number of methoxy groups -OCH3 is 1. The molecule has 0 aliphatic heterocycles. The van der Waals surface area contributed by atoms with E-state index in [0.717, 1.165) is 10.4 Å². The number of thiophene rings is 1. The first-order chi connectivity index (χ1) is 13.4. The number of hydrogen-bond donors (Lipinski definition) is 2. The first kappa shape index (κ1) is 20.5. The van der Waals surface area contributed by atoms with E-state index >= 15 is 0 Å². The summed E-state index contributed by atoms with van der Waals surface area (Å²) in [5.41, 5.74) is 1.36. The fourth-order valence-electron chi connectivity index (χ4n) is 2.36. The Morgan fingerprint density at radius 1 is 1.29 bits per heavy atom. The molecule has 0 fully saturated rings. The summed E-state index contributed by atoms with van der Waals surface area (Å²) in [7, 11) is 1.33. The number of esters is 1. The predicted octanol–water partition coefficient (Wildman–Crippen LogP) is 4.60. The molecule has 28 heavy (non-hydrogen) atoms. The summed E-state index contributed by atoms with van der Waals surface area (Å²) in [5, 5.41) is 12.0. The van der Waals surface area contributed by atoms with Crippen molar-refractivity contribution in [2.24, 2.45) is 0 Å². The van der Waals surface area contributed by atoms with E-state index in [1.807, 2.05) is 13.0 Å². The fourth-order valence-corrected chi connectivity index (χ4v) is 3.84. The summed E-state index contributed by atoms with van der Waals surface area (Å²) in [4.78, 5) is 17.0. The van der Waals surface area contributed by atoms with Gasteiger partial charge in [-0.25, -0.2) is 14.5 Å². The largest absolute Gasteiger partial charge is 0.465 e. The maximum Gasteiger partial charge on any atom is 0.340 e. The molecule has 0 radical (unpaired) electrons. The highest BCUT2D eigenvalue weighted by Gasteiger charge is 2.16. The van der Waals surface area contributed by atoms with Gasteiger partial charge in [-0.15, -0.1) is 16.4 Å². The first-order valence-corrected chi connectivity index (χ1v) is 9.94.